The molecule has 0 spiro atoms. The molecule has 0 unspecified atom stereocenters. The maximum Gasteiger partial charge on any atom is 0.433 e. The number of hydrogen-bond donors (Lipinski definition) is 1. The summed E-state index contributed by atoms with van der Waals surface area (Å²) >= 11 is 15.4. The molecule has 0 aliphatic carbocycles. The largest absolute Gasteiger partial charge is 0.433 e. The lowest BCUT2D eigenvalue weighted by Gasteiger charge is -2.11. The number of anilines is 1. The number of nitrogens with one attached hydrogen (secondary N) is 1. The number of benzene rings is 2. The first-order valence-corrected chi connectivity index (χ1v) is 10.2. The van der Waals surface area contributed by atoms with Crippen molar-refractivity contribution in [1.29, 1.82) is 0 Å². The smallest absolute Gasteiger partial charge is 0.320 e. The zero-order valence-electron chi connectivity index (χ0n) is 15.2. The Hall–Kier alpha value is -2.62. The summed E-state index contributed by atoms with van der Waals surface area (Å²) in [6, 6.07) is 13.7. The molecular formula is C20H10BrCl2F3N4O. The fourth-order valence-electron chi connectivity index (χ4n) is 2.86. The van der Waals surface area contributed by atoms with Gasteiger partial charge in [-0.1, -0.05) is 57.3 Å². The second-order valence-corrected chi connectivity index (χ2v) is 8.12. The highest BCUT2D eigenvalue weighted by Gasteiger charge is 2.36. The fraction of sp³-hybridized carbons (Fsp3) is 0.0500. The van der Waals surface area contributed by atoms with E-state index in [4.69, 9.17) is 23.2 Å². The van der Waals surface area contributed by atoms with Gasteiger partial charge in [0.05, 0.1) is 5.69 Å². The second-order valence-electron chi connectivity index (χ2n) is 6.39. The van der Waals surface area contributed by atoms with E-state index in [1.165, 1.54) is 6.07 Å². The van der Waals surface area contributed by atoms with Crippen molar-refractivity contribution in [3.8, 4) is 11.3 Å². The van der Waals surface area contributed by atoms with Crippen LogP contribution in [0.15, 0.2) is 59.1 Å². The van der Waals surface area contributed by atoms with Crippen molar-refractivity contribution in [2.45, 2.75) is 6.18 Å². The molecule has 2 aromatic carbocycles. The van der Waals surface area contributed by atoms with E-state index in [1.54, 1.807) is 42.5 Å². The molecule has 5 nitrogen and oxygen atoms in total. The molecule has 4 rings (SSSR count). The number of halogens is 6. The van der Waals surface area contributed by atoms with Crippen LogP contribution in [0.4, 0.5) is 18.9 Å². The number of hydrogen-bond acceptors (Lipinski definition) is 3. The molecule has 0 saturated heterocycles. The van der Waals surface area contributed by atoms with E-state index in [0.29, 0.717) is 20.8 Å². The monoisotopic (exact) mass is 528 g/mol. The lowest BCUT2D eigenvalue weighted by Crippen LogP contribution is -2.15. The number of fused-ring (bicyclic) bond motifs is 1. The van der Waals surface area contributed by atoms with Crippen molar-refractivity contribution in [1.82, 2.24) is 14.6 Å². The normalized spacial score (nSPS) is 11.7. The summed E-state index contributed by atoms with van der Waals surface area (Å²) < 4.78 is 42.6. The van der Waals surface area contributed by atoms with Gasteiger partial charge in [-0.25, -0.2) is 9.50 Å². The standard InChI is InChI=1S/C20H10BrCl2F3N4O/c21-11-6-4-10(5-7-11)14-9-15(20(24,25)26)30-18(28-14)16(23)17(29-30)19(31)27-13-3-1-2-12(22)8-13/h1-9H,(H,27,31). The van der Waals surface area contributed by atoms with Crippen LogP contribution in [0.2, 0.25) is 10.0 Å². The molecule has 2 heterocycles. The third-order valence-electron chi connectivity index (χ3n) is 4.26. The Balaban J connectivity index is 1.85. The summed E-state index contributed by atoms with van der Waals surface area (Å²) in [5, 5.41) is 6.38. The maximum atomic E-state index is 13.8. The average Bonchev–Trinajstić information content (AvgIpc) is 3.04. The van der Waals surface area contributed by atoms with Crippen molar-refractivity contribution < 1.29 is 18.0 Å². The number of rotatable bonds is 3. The zero-order chi connectivity index (χ0) is 22.3. The predicted octanol–water partition coefficient (Wildman–Crippen LogP) is 6.74. The molecule has 2 aromatic heterocycles. The minimum atomic E-state index is -4.76. The number of nitrogens with zero attached hydrogens (tertiary/aromatic N) is 3. The van der Waals surface area contributed by atoms with Crippen LogP contribution in [0.3, 0.4) is 0 Å². The van der Waals surface area contributed by atoms with Crippen LogP contribution in [0.1, 0.15) is 16.2 Å². The van der Waals surface area contributed by atoms with E-state index in [1.807, 2.05) is 0 Å². The maximum absolute atomic E-state index is 13.8. The van der Waals surface area contributed by atoms with Crippen molar-refractivity contribution in [2.24, 2.45) is 0 Å². The molecule has 0 fully saturated rings. The van der Waals surface area contributed by atoms with E-state index in [9.17, 15) is 18.0 Å². The van der Waals surface area contributed by atoms with Gasteiger partial charge in [0.15, 0.2) is 17.0 Å². The molecule has 0 radical (unpaired) electrons. The SMILES string of the molecule is O=C(Nc1cccc(Cl)c1)c1nn2c(C(F)(F)F)cc(-c3ccc(Br)cc3)nc2c1Cl. The van der Waals surface area contributed by atoms with Gasteiger partial charge in [0.25, 0.3) is 5.91 Å². The lowest BCUT2D eigenvalue weighted by molar-refractivity contribution is -0.142. The van der Waals surface area contributed by atoms with Crippen molar-refractivity contribution in [3.05, 3.63) is 80.5 Å². The average molecular weight is 530 g/mol. The highest BCUT2D eigenvalue weighted by atomic mass is 79.9. The van der Waals surface area contributed by atoms with Crippen LogP contribution in [-0.2, 0) is 6.18 Å². The molecule has 11 heteroatoms. The van der Waals surface area contributed by atoms with Gasteiger partial charge in [-0.05, 0) is 36.4 Å². The second kappa shape index (κ2) is 8.14. The molecule has 0 bridgehead atoms. The van der Waals surface area contributed by atoms with Gasteiger partial charge >= 0.3 is 6.18 Å². The number of carbonyl (C=O) groups is 1. The molecule has 0 aliphatic rings. The molecule has 1 amide bonds. The first-order valence-electron chi connectivity index (χ1n) is 8.63. The number of alkyl halides is 3. The van der Waals surface area contributed by atoms with E-state index in [-0.39, 0.29) is 16.4 Å². The van der Waals surface area contributed by atoms with Crippen LogP contribution in [0, 0.1) is 0 Å². The Morgan fingerprint density at radius 1 is 1.06 bits per heavy atom. The van der Waals surface area contributed by atoms with Crippen LogP contribution >= 0.6 is 39.1 Å². The molecule has 4 aromatic rings. The summed E-state index contributed by atoms with van der Waals surface area (Å²) in [7, 11) is 0. The molecule has 1 N–H and O–H groups in total. The summed E-state index contributed by atoms with van der Waals surface area (Å²) in [6.07, 6.45) is -4.76. The molecule has 0 aliphatic heterocycles. The molecular weight excluding hydrogens is 520 g/mol. The first-order chi connectivity index (χ1) is 14.6. The zero-order valence-corrected chi connectivity index (χ0v) is 18.3. The van der Waals surface area contributed by atoms with Gasteiger partial charge in [-0.2, -0.15) is 18.3 Å². The Morgan fingerprint density at radius 3 is 2.42 bits per heavy atom. The quantitative estimate of drug-likeness (QED) is 0.320. The van der Waals surface area contributed by atoms with E-state index in [0.717, 1.165) is 10.5 Å². The van der Waals surface area contributed by atoms with Crippen molar-refractivity contribution >= 4 is 56.4 Å². The molecule has 0 atom stereocenters. The van der Waals surface area contributed by atoms with Crippen LogP contribution in [0.5, 0.6) is 0 Å². The Bertz CT molecular complexity index is 1310. The van der Waals surface area contributed by atoms with E-state index < -0.39 is 23.5 Å². The summed E-state index contributed by atoms with van der Waals surface area (Å²) in [4.78, 5) is 16.9. The van der Waals surface area contributed by atoms with Gasteiger partial charge in [0.1, 0.15) is 5.02 Å². The van der Waals surface area contributed by atoms with Gasteiger partial charge in [0, 0.05) is 20.7 Å². The summed E-state index contributed by atoms with van der Waals surface area (Å²) in [6.45, 7) is 0. The molecule has 158 valence electrons. The topological polar surface area (TPSA) is 59.3 Å². The van der Waals surface area contributed by atoms with Crippen LogP contribution < -0.4 is 5.32 Å². The number of carbonyl (C=O) groups excluding carboxylic acids is 1. The predicted molar refractivity (Wildman–Crippen MR) is 116 cm³/mol. The van der Waals surface area contributed by atoms with Gasteiger partial charge in [0.2, 0.25) is 0 Å². The first kappa shape index (κ1) is 21.6. The summed E-state index contributed by atoms with van der Waals surface area (Å²) in [5.41, 5.74) is -0.975. The van der Waals surface area contributed by atoms with Gasteiger partial charge in [-0.15, -0.1) is 0 Å². The molecule has 0 saturated carbocycles. The third kappa shape index (κ3) is 4.39. The Kier molecular flexibility index (Phi) is 5.67. The van der Waals surface area contributed by atoms with Crippen LogP contribution in [0.25, 0.3) is 16.9 Å². The Morgan fingerprint density at radius 2 is 1.77 bits per heavy atom. The minimum Gasteiger partial charge on any atom is -0.320 e. The molecule has 31 heavy (non-hydrogen) atoms. The fourth-order valence-corrected chi connectivity index (χ4v) is 3.56. The minimum absolute atomic E-state index is 0.0379. The summed E-state index contributed by atoms with van der Waals surface area (Å²) in [5.74, 6) is -0.795. The van der Waals surface area contributed by atoms with Gasteiger partial charge < -0.3 is 5.32 Å². The van der Waals surface area contributed by atoms with E-state index >= 15 is 0 Å². The lowest BCUT2D eigenvalue weighted by atomic mass is 10.1. The van der Waals surface area contributed by atoms with Gasteiger partial charge in [-0.3, -0.25) is 4.79 Å². The number of aromatic nitrogens is 3. The van der Waals surface area contributed by atoms with Crippen molar-refractivity contribution in [3.63, 3.8) is 0 Å². The van der Waals surface area contributed by atoms with Crippen molar-refractivity contribution in [2.75, 3.05) is 5.32 Å². The Labute approximate surface area is 191 Å². The third-order valence-corrected chi connectivity index (χ3v) is 5.37. The van der Waals surface area contributed by atoms with E-state index in [2.05, 4.69) is 31.3 Å². The number of amides is 1. The highest BCUT2D eigenvalue weighted by Crippen LogP contribution is 2.35. The highest BCUT2D eigenvalue weighted by molar-refractivity contribution is 9.10. The van der Waals surface area contributed by atoms with Crippen LogP contribution in [-0.4, -0.2) is 20.5 Å².